The van der Waals surface area contributed by atoms with Crippen molar-refractivity contribution >= 4 is 18.1 Å². The molecule has 0 amide bonds. The second-order valence-corrected chi connectivity index (χ2v) is 14.1. The number of sulfonamides is 1. The first kappa shape index (κ1) is 20.2. The van der Waals surface area contributed by atoms with E-state index in [0.29, 0.717) is 19.0 Å². The highest BCUT2D eigenvalue weighted by Crippen LogP contribution is 2.29. The molecule has 1 aromatic rings. The summed E-state index contributed by atoms with van der Waals surface area (Å²) in [5, 5.41) is 0. The molecule has 1 saturated heterocycles. The number of hydrogen-bond acceptors (Lipinski definition) is 2. The van der Waals surface area contributed by atoms with Gasteiger partial charge in [0.15, 0.2) is 0 Å². The third-order valence-corrected chi connectivity index (χ3v) is 11.8. The Labute approximate surface area is 154 Å². The Balaban J connectivity index is 2.04. The van der Waals surface area contributed by atoms with Crippen LogP contribution in [0.15, 0.2) is 24.3 Å². The van der Waals surface area contributed by atoms with Gasteiger partial charge in [0.05, 0.1) is 6.26 Å². The Bertz CT molecular complexity index is 711. The zero-order valence-corrected chi connectivity index (χ0v) is 17.8. The maximum atomic E-state index is 11.6. The molecule has 0 aliphatic carbocycles. The van der Waals surface area contributed by atoms with Crippen molar-refractivity contribution in [1.29, 1.82) is 0 Å². The summed E-state index contributed by atoms with van der Waals surface area (Å²) in [4.78, 5) is 0. The average Bonchev–Trinajstić information content (AvgIpc) is 2.63. The molecule has 0 N–H and O–H groups in total. The molecule has 0 spiro atoms. The Hall–Kier alpha value is -1.09. The molecule has 1 aliphatic rings. The van der Waals surface area contributed by atoms with Gasteiger partial charge in [0, 0.05) is 18.7 Å². The monoisotopic (exact) mass is 377 g/mol. The van der Waals surface area contributed by atoms with Crippen LogP contribution in [0.1, 0.15) is 50.7 Å². The van der Waals surface area contributed by atoms with Gasteiger partial charge in [0.1, 0.15) is 8.07 Å². The summed E-state index contributed by atoms with van der Waals surface area (Å²) in [5.74, 6) is 3.87. The zero-order valence-electron chi connectivity index (χ0n) is 16.0. The van der Waals surface area contributed by atoms with Crippen molar-refractivity contribution in [1.82, 2.24) is 4.31 Å². The molecule has 0 unspecified atom stereocenters. The van der Waals surface area contributed by atoms with Gasteiger partial charge in [-0.05, 0) is 54.6 Å². The average molecular weight is 378 g/mol. The molecule has 2 rings (SSSR count). The molecule has 1 heterocycles. The van der Waals surface area contributed by atoms with Gasteiger partial charge < -0.3 is 0 Å². The summed E-state index contributed by atoms with van der Waals surface area (Å²) >= 11 is 0. The molecular weight excluding hydrogens is 346 g/mol. The van der Waals surface area contributed by atoms with Crippen LogP contribution in [-0.4, -0.2) is 40.1 Å². The zero-order chi connectivity index (χ0) is 18.5. The van der Waals surface area contributed by atoms with E-state index in [1.807, 2.05) is 0 Å². The molecule has 3 nitrogen and oxygen atoms in total. The van der Waals surface area contributed by atoms with Crippen LogP contribution in [0, 0.1) is 11.5 Å². The standard InChI is InChI=1S/C20H31NO2SSi/c1-5-25(6-2,7-3)17-14-18-8-10-19(11-9-18)20-12-15-21(16-13-20)24(4,22)23/h8-11,20H,5-7,12-13,15-16H2,1-4H3. The largest absolute Gasteiger partial charge is 0.213 e. The normalized spacial score (nSPS) is 17.1. The van der Waals surface area contributed by atoms with Gasteiger partial charge in [-0.15, -0.1) is 5.54 Å². The maximum absolute atomic E-state index is 11.6. The first-order valence-electron chi connectivity index (χ1n) is 9.42. The highest BCUT2D eigenvalue weighted by molar-refractivity contribution is 7.88. The predicted octanol–water partition coefficient (Wildman–Crippen LogP) is 4.22. The molecule has 0 atom stereocenters. The van der Waals surface area contributed by atoms with Crippen LogP contribution in [-0.2, 0) is 10.0 Å². The van der Waals surface area contributed by atoms with Crippen molar-refractivity contribution in [2.24, 2.45) is 0 Å². The number of piperidine rings is 1. The van der Waals surface area contributed by atoms with Gasteiger partial charge in [-0.3, -0.25) is 0 Å². The Kier molecular flexibility index (Phi) is 6.90. The summed E-state index contributed by atoms with van der Waals surface area (Å²) in [6.07, 6.45) is 3.10. The van der Waals surface area contributed by atoms with E-state index < -0.39 is 18.1 Å². The van der Waals surface area contributed by atoms with E-state index in [4.69, 9.17) is 0 Å². The third-order valence-electron chi connectivity index (χ3n) is 5.81. The maximum Gasteiger partial charge on any atom is 0.211 e. The third kappa shape index (κ3) is 5.19. The smallest absolute Gasteiger partial charge is 0.211 e. The van der Waals surface area contributed by atoms with E-state index in [-0.39, 0.29) is 0 Å². The van der Waals surface area contributed by atoms with Gasteiger partial charge in [-0.25, -0.2) is 12.7 Å². The Morgan fingerprint density at radius 3 is 2.00 bits per heavy atom. The predicted molar refractivity (Wildman–Crippen MR) is 109 cm³/mol. The van der Waals surface area contributed by atoms with Crippen LogP contribution in [0.3, 0.4) is 0 Å². The second-order valence-electron chi connectivity index (χ2n) is 7.15. The summed E-state index contributed by atoms with van der Waals surface area (Å²) < 4.78 is 24.8. The minimum Gasteiger partial charge on any atom is -0.213 e. The Morgan fingerprint density at radius 1 is 1.04 bits per heavy atom. The SMILES string of the molecule is CC[Si](C#Cc1ccc(C2CCN(S(C)(=O)=O)CC2)cc1)(CC)CC. The van der Waals surface area contributed by atoms with Gasteiger partial charge in [0.25, 0.3) is 0 Å². The van der Waals surface area contributed by atoms with Crippen LogP contribution in [0.4, 0.5) is 0 Å². The molecular formula is C20H31NO2SSi. The molecule has 5 heteroatoms. The molecule has 0 bridgehead atoms. The van der Waals surface area contributed by atoms with Gasteiger partial charge in [0.2, 0.25) is 10.0 Å². The van der Waals surface area contributed by atoms with Crippen molar-refractivity contribution in [3.8, 4) is 11.5 Å². The minimum atomic E-state index is -3.05. The van der Waals surface area contributed by atoms with Crippen molar-refractivity contribution in [3.63, 3.8) is 0 Å². The van der Waals surface area contributed by atoms with Gasteiger partial charge in [-0.1, -0.05) is 38.8 Å². The summed E-state index contributed by atoms with van der Waals surface area (Å²) in [6, 6.07) is 12.3. The van der Waals surface area contributed by atoms with Crippen LogP contribution >= 0.6 is 0 Å². The van der Waals surface area contributed by atoms with Gasteiger partial charge in [-0.2, -0.15) is 0 Å². The highest BCUT2D eigenvalue weighted by Gasteiger charge is 2.26. The summed E-state index contributed by atoms with van der Waals surface area (Å²) in [6.45, 7) is 8.09. The lowest BCUT2D eigenvalue weighted by molar-refractivity contribution is 0.321. The molecule has 0 aromatic heterocycles. The van der Waals surface area contributed by atoms with E-state index in [9.17, 15) is 8.42 Å². The lowest BCUT2D eigenvalue weighted by Crippen LogP contribution is -2.37. The number of hydrogen-bond donors (Lipinski definition) is 0. The molecule has 1 aromatic carbocycles. The fourth-order valence-corrected chi connectivity index (χ4v) is 6.89. The number of benzene rings is 1. The van der Waals surface area contributed by atoms with Gasteiger partial charge >= 0.3 is 0 Å². The summed E-state index contributed by atoms with van der Waals surface area (Å²) in [7, 11) is -4.44. The fraction of sp³-hybridized carbons (Fsp3) is 0.600. The van der Waals surface area contributed by atoms with Crippen LogP contribution < -0.4 is 0 Å². The first-order valence-corrected chi connectivity index (χ1v) is 13.9. The lowest BCUT2D eigenvalue weighted by Gasteiger charge is -2.30. The van der Waals surface area contributed by atoms with E-state index >= 15 is 0 Å². The van der Waals surface area contributed by atoms with Crippen LogP contribution in [0.25, 0.3) is 0 Å². The van der Waals surface area contributed by atoms with E-state index in [0.717, 1.165) is 18.4 Å². The first-order chi connectivity index (χ1) is 11.8. The lowest BCUT2D eigenvalue weighted by atomic mass is 9.90. The molecule has 25 heavy (non-hydrogen) atoms. The molecule has 1 fully saturated rings. The van der Waals surface area contributed by atoms with Crippen LogP contribution in [0.5, 0.6) is 0 Å². The number of rotatable bonds is 5. The van der Waals surface area contributed by atoms with Crippen molar-refractivity contribution < 1.29 is 8.42 Å². The number of nitrogens with zero attached hydrogens (tertiary/aromatic N) is 1. The topological polar surface area (TPSA) is 37.4 Å². The summed E-state index contributed by atoms with van der Waals surface area (Å²) in [5.41, 5.74) is 6.05. The Morgan fingerprint density at radius 2 is 1.56 bits per heavy atom. The van der Waals surface area contributed by atoms with E-state index in [1.54, 1.807) is 4.31 Å². The van der Waals surface area contributed by atoms with Crippen molar-refractivity contribution in [2.75, 3.05) is 19.3 Å². The molecule has 1 aliphatic heterocycles. The van der Waals surface area contributed by atoms with E-state index in [2.05, 4.69) is 56.5 Å². The minimum absolute atomic E-state index is 0.454. The second kappa shape index (κ2) is 8.53. The van der Waals surface area contributed by atoms with Crippen molar-refractivity contribution in [3.05, 3.63) is 35.4 Å². The van der Waals surface area contributed by atoms with Crippen molar-refractivity contribution in [2.45, 2.75) is 57.7 Å². The quantitative estimate of drug-likeness (QED) is 0.569. The fourth-order valence-electron chi connectivity index (χ4n) is 3.58. The highest BCUT2D eigenvalue weighted by atomic mass is 32.2. The molecule has 138 valence electrons. The molecule has 0 radical (unpaired) electrons. The van der Waals surface area contributed by atoms with E-state index in [1.165, 1.54) is 30.0 Å². The van der Waals surface area contributed by atoms with Crippen LogP contribution in [0.2, 0.25) is 18.1 Å². The molecule has 0 saturated carbocycles.